The van der Waals surface area contributed by atoms with E-state index < -0.39 is 11.9 Å². The van der Waals surface area contributed by atoms with Crippen molar-refractivity contribution in [2.75, 3.05) is 26.2 Å². The smallest absolute Gasteiger partial charge is 0.303 e. The number of primary amides is 2. The summed E-state index contributed by atoms with van der Waals surface area (Å²) in [6.07, 6.45) is 8.03. The molecule has 40 heavy (non-hydrogen) atoms. The van der Waals surface area contributed by atoms with Gasteiger partial charge in [-0.3, -0.25) is 28.8 Å². The van der Waals surface area contributed by atoms with Crippen LogP contribution >= 0.6 is 0 Å². The minimum absolute atomic E-state index is 0.0498. The molecule has 2 unspecified atom stereocenters. The molecule has 226 valence electrons. The van der Waals surface area contributed by atoms with Gasteiger partial charge in [-0.15, -0.1) is 0 Å². The van der Waals surface area contributed by atoms with E-state index in [2.05, 4.69) is 10.6 Å². The van der Waals surface area contributed by atoms with Crippen molar-refractivity contribution in [2.45, 2.75) is 101 Å². The van der Waals surface area contributed by atoms with Gasteiger partial charge in [-0.2, -0.15) is 0 Å². The maximum absolute atomic E-state index is 12.0. The molecule has 4 saturated heterocycles. The molecule has 0 saturated carbocycles. The van der Waals surface area contributed by atoms with Crippen LogP contribution in [0.5, 0.6) is 0 Å². The summed E-state index contributed by atoms with van der Waals surface area (Å²) in [7, 11) is 0. The van der Waals surface area contributed by atoms with Crippen LogP contribution in [0.4, 0.5) is 0 Å². The molecule has 4 rings (SSSR count). The lowest BCUT2D eigenvalue weighted by atomic mass is 10.1. The molecule has 0 spiro atoms. The predicted molar refractivity (Wildman–Crippen MR) is 144 cm³/mol. The van der Waals surface area contributed by atoms with Gasteiger partial charge >= 0.3 is 11.9 Å². The third kappa shape index (κ3) is 10.4. The van der Waals surface area contributed by atoms with Crippen molar-refractivity contribution >= 4 is 35.6 Å². The maximum Gasteiger partial charge on any atom is 0.303 e. The Morgan fingerprint density at radius 3 is 1.27 bits per heavy atom. The molecule has 14 nitrogen and oxygen atoms in total. The lowest BCUT2D eigenvalue weighted by Crippen LogP contribution is -2.49. The number of carboxylic acid groups (broad SMARTS) is 2. The summed E-state index contributed by atoms with van der Waals surface area (Å²) in [4.78, 5) is 69.4. The molecule has 0 aromatic heterocycles. The summed E-state index contributed by atoms with van der Waals surface area (Å²) in [5.74, 6) is -2.39. The zero-order chi connectivity index (χ0) is 29.7. The standard InChI is InChI=1S/2C10H17N3O2.C6H10O4/c2*11-9(14)8-4-2-6-13(8)10(15)7-3-1-5-12-7;7-5(8)3-1-2-4-6(9)10/h2*7-8,12H,1-6H2,(H2,11,14);1-4H2,(H,7,8)(H,9,10)/t2*7-,8?;/m00./s1. The van der Waals surface area contributed by atoms with Crippen LogP contribution in [0.2, 0.25) is 0 Å². The summed E-state index contributed by atoms with van der Waals surface area (Å²) in [6, 6.07) is -0.935. The van der Waals surface area contributed by atoms with Crippen molar-refractivity contribution in [3.8, 4) is 0 Å². The zero-order valence-electron chi connectivity index (χ0n) is 23.0. The zero-order valence-corrected chi connectivity index (χ0v) is 23.0. The topological polar surface area (TPSA) is 225 Å². The molecule has 4 aliphatic heterocycles. The Balaban J connectivity index is 0.000000216. The fraction of sp³-hybridized carbons (Fsp3) is 0.769. The number of unbranched alkanes of at least 4 members (excludes halogenated alkanes) is 1. The van der Waals surface area contributed by atoms with Crippen molar-refractivity contribution in [1.82, 2.24) is 20.4 Å². The minimum Gasteiger partial charge on any atom is -0.481 e. The monoisotopic (exact) mass is 568 g/mol. The van der Waals surface area contributed by atoms with Crippen LogP contribution in [0, 0.1) is 0 Å². The number of aliphatic carboxylic acids is 2. The van der Waals surface area contributed by atoms with Gasteiger partial charge in [0.05, 0.1) is 12.1 Å². The molecule has 4 fully saturated rings. The van der Waals surface area contributed by atoms with Crippen LogP contribution in [-0.2, 0) is 28.8 Å². The van der Waals surface area contributed by atoms with E-state index in [9.17, 15) is 28.8 Å². The van der Waals surface area contributed by atoms with E-state index in [4.69, 9.17) is 21.7 Å². The van der Waals surface area contributed by atoms with E-state index in [0.29, 0.717) is 38.8 Å². The first-order valence-electron chi connectivity index (χ1n) is 14.1. The van der Waals surface area contributed by atoms with Crippen LogP contribution < -0.4 is 22.1 Å². The van der Waals surface area contributed by atoms with Gasteiger partial charge in [0.2, 0.25) is 23.6 Å². The molecule has 0 aromatic carbocycles. The number of likely N-dealkylation sites (tertiary alicyclic amines) is 2. The van der Waals surface area contributed by atoms with Gasteiger partial charge in [0, 0.05) is 25.9 Å². The lowest BCUT2D eigenvalue weighted by molar-refractivity contribution is -0.139. The molecule has 14 heteroatoms. The van der Waals surface area contributed by atoms with Gasteiger partial charge in [0.25, 0.3) is 0 Å². The van der Waals surface area contributed by atoms with Crippen LogP contribution in [0.3, 0.4) is 0 Å². The number of hydrogen-bond donors (Lipinski definition) is 6. The van der Waals surface area contributed by atoms with Crippen LogP contribution in [-0.4, -0.2) is 106 Å². The Morgan fingerprint density at radius 1 is 0.625 bits per heavy atom. The van der Waals surface area contributed by atoms with Crippen molar-refractivity contribution in [3.63, 3.8) is 0 Å². The number of nitrogens with zero attached hydrogens (tertiary/aromatic N) is 2. The first-order valence-corrected chi connectivity index (χ1v) is 14.1. The lowest BCUT2D eigenvalue weighted by Gasteiger charge is -2.25. The minimum atomic E-state index is -0.870. The van der Waals surface area contributed by atoms with Gasteiger partial charge in [0.1, 0.15) is 12.1 Å². The SMILES string of the molecule is NC(=O)C1CCCN1C(=O)[C@@H]1CCCN1.NC(=O)C1CCCN1C(=O)[C@@H]1CCCN1.O=C(O)CCCCC(=O)O. The molecule has 4 heterocycles. The quantitative estimate of drug-likeness (QED) is 0.189. The first kappa shape index (κ1) is 32.9. The molecule has 4 aliphatic rings. The number of rotatable bonds is 9. The van der Waals surface area contributed by atoms with Crippen molar-refractivity contribution in [1.29, 1.82) is 0 Å². The van der Waals surface area contributed by atoms with Crippen LogP contribution in [0.15, 0.2) is 0 Å². The number of carbonyl (C=O) groups is 6. The average Bonchev–Trinajstić information content (AvgIpc) is 3.71. The van der Waals surface area contributed by atoms with Crippen LogP contribution in [0.25, 0.3) is 0 Å². The highest BCUT2D eigenvalue weighted by Crippen LogP contribution is 2.21. The van der Waals surface area contributed by atoms with E-state index in [1.165, 1.54) is 0 Å². The largest absolute Gasteiger partial charge is 0.481 e. The number of amides is 4. The molecule has 4 atom stereocenters. The van der Waals surface area contributed by atoms with E-state index in [-0.39, 0.29) is 60.6 Å². The second-order valence-corrected chi connectivity index (χ2v) is 10.5. The summed E-state index contributed by atoms with van der Waals surface area (Å²) >= 11 is 0. The van der Waals surface area contributed by atoms with Crippen molar-refractivity contribution < 1.29 is 39.0 Å². The number of carboxylic acids is 2. The summed E-state index contributed by atoms with van der Waals surface area (Å²) in [6.45, 7) is 3.13. The highest BCUT2D eigenvalue weighted by atomic mass is 16.4. The Hall–Kier alpha value is -3.26. The summed E-state index contributed by atoms with van der Waals surface area (Å²) < 4.78 is 0. The molecule has 4 amide bonds. The Bertz CT molecular complexity index is 832. The second kappa shape index (κ2) is 16.8. The Kier molecular flexibility index (Phi) is 13.8. The summed E-state index contributed by atoms with van der Waals surface area (Å²) in [5.41, 5.74) is 10.5. The fourth-order valence-corrected chi connectivity index (χ4v) is 5.40. The average molecular weight is 569 g/mol. The highest BCUT2D eigenvalue weighted by Gasteiger charge is 2.37. The third-order valence-electron chi connectivity index (χ3n) is 7.48. The van der Waals surface area contributed by atoms with Crippen molar-refractivity contribution in [3.05, 3.63) is 0 Å². The van der Waals surface area contributed by atoms with E-state index in [1.54, 1.807) is 9.80 Å². The second-order valence-electron chi connectivity index (χ2n) is 10.5. The number of nitrogens with one attached hydrogen (secondary N) is 2. The third-order valence-corrected chi connectivity index (χ3v) is 7.48. The number of nitrogens with two attached hydrogens (primary N) is 2. The maximum atomic E-state index is 12.0. The Labute approximate surface area is 234 Å². The van der Waals surface area contributed by atoms with Gasteiger partial charge in [-0.1, -0.05) is 0 Å². The summed E-state index contributed by atoms with van der Waals surface area (Å²) in [5, 5.41) is 22.6. The number of hydrogen-bond acceptors (Lipinski definition) is 8. The van der Waals surface area contributed by atoms with Crippen LogP contribution in [0.1, 0.15) is 77.0 Å². The molecule has 0 aliphatic carbocycles. The molecular weight excluding hydrogens is 524 g/mol. The first-order chi connectivity index (χ1) is 19.0. The molecule has 0 radical (unpaired) electrons. The highest BCUT2D eigenvalue weighted by molar-refractivity contribution is 5.90. The van der Waals surface area contributed by atoms with E-state index >= 15 is 0 Å². The Morgan fingerprint density at radius 2 is 1.00 bits per heavy atom. The van der Waals surface area contributed by atoms with E-state index in [1.807, 2.05) is 0 Å². The van der Waals surface area contributed by atoms with E-state index in [0.717, 1.165) is 51.6 Å². The molecule has 0 bridgehead atoms. The molecular formula is C26H44N6O8. The molecule has 8 N–H and O–H groups in total. The fourth-order valence-electron chi connectivity index (χ4n) is 5.40. The van der Waals surface area contributed by atoms with Gasteiger partial charge in [0.15, 0.2) is 0 Å². The number of carbonyl (C=O) groups excluding carboxylic acids is 4. The van der Waals surface area contributed by atoms with Gasteiger partial charge in [-0.05, 0) is 77.3 Å². The van der Waals surface area contributed by atoms with Gasteiger partial charge in [-0.25, -0.2) is 0 Å². The normalized spacial score (nSPS) is 25.4. The predicted octanol–water partition coefficient (Wildman–Crippen LogP) is -0.855. The van der Waals surface area contributed by atoms with Crippen molar-refractivity contribution in [2.24, 2.45) is 11.5 Å². The van der Waals surface area contributed by atoms with Gasteiger partial charge < -0.3 is 42.1 Å². The molecule has 0 aromatic rings.